The van der Waals surface area contributed by atoms with Gasteiger partial charge in [0.25, 0.3) is 5.56 Å². The maximum atomic E-state index is 12.3. The number of halogens is 1. The molecule has 1 aliphatic carbocycles. The lowest BCUT2D eigenvalue weighted by Crippen LogP contribution is -2.29. The van der Waals surface area contributed by atoms with E-state index in [0.29, 0.717) is 10.2 Å². The number of ether oxygens (including phenoxy) is 1. The predicted molar refractivity (Wildman–Crippen MR) is 71.7 cm³/mol. The molecule has 0 bridgehead atoms. The van der Waals surface area contributed by atoms with Gasteiger partial charge in [0.1, 0.15) is 6.07 Å². The highest BCUT2D eigenvalue weighted by molar-refractivity contribution is 9.10. The highest BCUT2D eigenvalue weighted by Crippen LogP contribution is 2.53. The number of nitriles is 1. The van der Waals surface area contributed by atoms with Crippen LogP contribution in [0.15, 0.2) is 15.5 Å². The number of hydrogen-bond acceptors (Lipinski definition) is 3. The van der Waals surface area contributed by atoms with E-state index < -0.39 is 0 Å². The van der Waals surface area contributed by atoms with Crippen LogP contribution in [-0.2, 0) is 0 Å². The lowest BCUT2D eigenvalue weighted by atomic mass is 10.0. The second-order valence-corrected chi connectivity index (χ2v) is 5.89. The summed E-state index contributed by atoms with van der Waals surface area (Å²) in [5, 5.41) is 9.12. The molecule has 0 spiro atoms. The van der Waals surface area contributed by atoms with E-state index in [9.17, 15) is 4.79 Å². The molecule has 1 aromatic heterocycles. The highest BCUT2D eigenvalue weighted by Gasteiger charge is 2.44. The fourth-order valence-electron chi connectivity index (χ4n) is 2.12. The third-order valence-electron chi connectivity index (χ3n) is 3.93. The van der Waals surface area contributed by atoms with Crippen LogP contribution in [0.25, 0.3) is 0 Å². The summed E-state index contributed by atoms with van der Waals surface area (Å²) in [7, 11) is 1.45. The first-order valence-corrected chi connectivity index (χ1v) is 6.62. The van der Waals surface area contributed by atoms with Crippen molar-refractivity contribution in [3.8, 4) is 11.8 Å². The molecule has 1 aliphatic rings. The molecule has 5 heteroatoms. The number of hydrogen-bond donors (Lipinski definition) is 0. The van der Waals surface area contributed by atoms with E-state index in [1.807, 2.05) is 13.0 Å². The zero-order chi connectivity index (χ0) is 13.5. The van der Waals surface area contributed by atoms with Crippen molar-refractivity contribution in [1.29, 1.82) is 5.26 Å². The first-order chi connectivity index (χ1) is 8.44. The Hall–Kier alpha value is -1.28. The normalized spacial score (nSPS) is 17.9. The lowest BCUT2D eigenvalue weighted by Gasteiger charge is -2.22. The van der Waals surface area contributed by atoms with Gasteiger partial charge in [0.05, 0.1) is 11.6 Å². The number of methoxy groups -OCH3 is 1. The Kier molecular flexibility index (Phi) is 3.24. The predicted octanol–water partition coefficient (Wildman–Crippen LogP) is 2.85. The van der Waals surface area contributed by atoms with Crippen molar-refractivity contribution >= 4 is 15.9 Å². The third kappa shape index (κ3) is 1.95. The maximum Gasteiger partial charge on any atom is 0.272 e. The van der Waals surface area contributed by atoms with E-state index in [4.69, 9.17) is 10.00 Å². The van der Waals surface area contributed by atoms with E-state index in [0.717, 1.165) is 12.8 Å². The number of nitrogens with zero attached hydrogens (tertiary/aromatic N) is 2. The van der Waals surface area contributed by atoms with Crippen LogP contribution in [0.4, 0.5) is 0 Å². The largest absolute Gasteiger partial charge is 0.494 e. The Bertz CT molecular complexity index is 582. The fraction of sp³-hybridized carbons (Fsp3) is 0.538. The Morgan fingerprint density at radius 1 is 1.61 bits per heavy atom. The molecule has 0 aliphatic heterocycles. The summed E-state index contributed by atoms with van der Waals surface area (Å²) >= 11 is 3.35. The zero-order valence-corrected chi connectivity index (χ0v) is 12.2. The third-order valence-corrected chi connectivity index (χ3v) is 4.49. The van der Waals surface area contributed by atoms with E-state index >= 15 is 0 Å². The zero-order valence-electron chi connectivity index (χ0n) is 10.7. The molecule has 0 radical (unpaired) electrons. The van der Waals surface area contributed by atoms with E-state index in [-0.39, 0.29) is 22.6 Å². The molecule has 1 fully saturated rings. The van der Waals surface area contributed by atoms with Gasteiger partial charge in [0.2, 0.25) is 0 Å². The first-order valence-electron chi connectivity index (χ1n) is 5.83. The van der Waals surface area contributed by atoms with Gasteiger partial charge in [-0.05, 0) is 41.1 Å². The molecule has 1 atom stereocenters. The second kappa shape index (κ2) is 4.43. The van der Waals surface area contributed by atoms with Crippen LogP contribution in [0.5, 0.6) is 5.75 Å². The molecule has 4 nitrogen and oxygen atoms in total. The minimum atomic E-state index is -0.279. The summed E-state index contributed by atoms with van der Waals surface area (Å²) in [6, 6.07) is 2.02. The van der Waals surface area contributed by atoms with Gasteiger partial charge in [-0.1, -0.05) is 6.92 Å². The second-order valence-electron chi connectivity index (χ2n) is 5.04. The van der Waals surface area contributed by atoms with Gasteiger partial charge < -0.3 is 9.30 Å². The number of rotatable bonds is 3. The smallest absolute Gasteiger partial charge is 0.272 e. The molecule has 0 aromatic carbocycles. The lowest BCUT2D eigenvalue weighted by molar-refractivity contribution is 0.345. The summed E-state index contributed by atoms with van der Waals surface area (Å²) in [6.07, 6.45) is 3.95. The first kappa shape index (κ1) is 13.2. The van der Waals surface area contributed by atoms with Crippen LogP contribution in [0, 0.1) is 16.7 Å². The van der Waals surface area contributed by atoms with Crippen molar-refractivity contribution in [1.82, 2.24) is 4.57 Å². The summed E-state index contributed by atoms with van der Waals surface area (Å²) in [5.41, 5.74) is -0.0499. The van der Waals surface area contributed by atoms with Crippen molar-refractivity contribution in [2.75, 3.05) is 7.11 Å². The molecule has 96 valence electrons. The van der Waals surface area contributed by atoms with Gasteiger partial charge in [-0.2, -0.15) is 5.26 Å². The van der Waals surface area contributed by atoms with Crippen LogP contribution in [-0.4, -0.2) is 11.7 Å². The van der Waals surface area contributed by atoms with Gasteiger partial charge >= 0.3 is 0 Å². The minimum Gasteiger partial charge on any atom is -0.494 e. The Morgan fingerprint density at radius 2 is 2.22 bits per heavy atom. The molecule has 18 heavy (non-hydrogen) atoms. The van der Waals surface area contributed by atoms with Gasteiger partial charge in [0, 0.05) is 12.2 Å². The average molecular weight is 311 g/mol. The van der Waals surface area contributed by atoms with E-state index in [1.54, 1.807) is 10.8 Å². The van der Waals surface area contributed by atoms with Crippen molar-refractivity contribution in [2.24, 2.45) is 5.41 Å². The molecule has 2 rings (SSSR count). The molecule has 1 aromatic rings. The van der Waals surface area contributed by atoms with Crippen LogP contribution in [0.3, 0.4) is 0 Å². The molecular weight excluding hydrogens is 296 g/mol. The van der Waals surface area contributed by atoms with Crippen molar-refractivity contribution in [3.63, 3.8) is 0 Å². The molecule has 1 unspecified atom stereocenters. The molecule has 1 saturated carbocycles. The topological polar surface area (TPSA) is 55.0 Å². The van der Waals surface area contributed by atoms with Gasteiger partial charge in [0.15, 0.2) is 11.3 Å². The summed E-state index contributed by atoms with van der Waals surface area (Å²) < 4.78 is 7.37. The van der Waals surface area contributed by atoms with Crippen LogP contribution >= 0.6 is 15.9 Å². The average Bonchev–Trinajstić information content (AvgIpc) is 3.09. The Balaban J connectivity index is 2.61. The van der Waals surface area contributed by atoms with Crippen LogP contribution < -0.4 is 10.3 Å². The van der Waals surface area contributed by atoms with Gasteiger partial charge in [-0.15, -0.1) is 0 Å². The van der Waals surface area contributed by atoms with Crippen molar-refractivity contribution in [3.05, 3.63) is 26.6 Å². The monoisotopic (exact) mass is 310 g/mol. The number of aromatic nitrogens is 1. The van der Waals surface area contributed by atoms with Crippen LogP contribution in [0.2, 0.25) is 0 Å². The summed E-state index contributed by atoms with van der Waals surface area (Å²) in [4.78, 5) is 12.3. The summed E-state index contributed by atoms with van der Waals surface area (Å²) in [6.45, 7) is 4.18. The minimum absolute atomic E-state index is 0.0583. The van der Waals surface area contributed by atoms with Crippen molar-refractivity contribution in [2.45, 2.75) is 32.7 Å². The molecule has 0 amide bonds. The maximum absolute atomic E-state index is 12.3. The van der Waals surface area contributed by atoms with Crippen molar-refractivity contribution < 1.29 is 4.74 Å². The van der Waals surface area contributed by atoms with E-state index in [1.165, 1.54) is 7.11 Å². The van der Waals surface area contributed by atoms with E-state index in [2.05, 4.69) is 22.9 Å². The fourth-order valence-corrected chi connectivity index (χ4v) is 2.70. The standard InChI is InChI=1S/C13H15BrN2O2/c1-8(13(2)4-5-13)16-7-10(14)11(18-3)9(6-15)12(16)17/h7-8H,4-5H2,1-3H3. The Morgan fingerprint density at radius 3 is 2.67 bits per heavy atom. The molecular formula is C13H15BrN2O2. The SMILES string of the molecule is COc1c(Br)cn(C(C)C2(C)CC2)c(=O)c1C#N. The Labute approximate surface area is 114 Å². The highest BCUT2D eigenvalue weighted by atomic mass is 79.9. The van der Waals surface area contributed by atoms with Gasteiger partial charge in [-0.3, -0.25) is 4.79 Å². The number of pyridine rings is 1. The van der Waals surface area contributed by atoms with Gasteiger partial charge in [-0.25, -0.2) is 0 Å². The molecule has 0 saturated heterocycles. The quantitative estimate of drug-likeness (QED) is 0.862. The summed E-state index contributed by atoms with van der Waals surface area (Å²) in [5.74, 6) is 0.312. The molecule has 1 heterocycles. The van der Waals surface area contributed by atoms with Crippen LogP contribution in [0.1, 0.15) is 38.3 Å². The molecule has 0 N–H and O–H groups in total.